The van der Waals surface area contributed by atoms with Gasteiger partial charge in [-0.1, -0.05) is 38.1 Å². The predicted octanol–water partition coefficient (Wildman–Crippen LogP) is 3.11. The van der Waals surface area contributed by atoms with Crippen LogP contribution in [0.2, 0.25) is 0 Å². The molecule has 0 atom stereocenters. The molecule has 0 radical (unpaired) electrons. The van der Waals surface area contributed by atoms with Crippen molar-refractivity contribution in [1.82, 2.24) is 34.3 Å². The first kappa shape index (κ1) is 20.8. The van der Waals surface area contributed by atoms with E-state index in [0.29, 0.717) is 22.9 Å². The van der Waals surface area contributed by atoms with E-state index < -0.39 is 0 Å². The number of ether oxygens (including phenoxy) is 1. The number of fused-ring (bicyclic) bond motifs is 4. The Hall–Kier alpha value is -3.46. The van der Waals surface area contributed by atoms with Crippen molar-refractivity contribution in [3.8, 4) is 0 Å². The second-order valence-corrected chi connectivity index (χ2v) is 7.08. The molecule has 4 heterocycles. The summed E-state index contributed by atoms with van der Waals surface area (Å²) in [7, 11) is 1.59. The third-order valence-electron chi connectivity index (χ3n) is 5.33. The summed E-state index contributed by atoms with van der Waals surface area (Å²) in [5, 5.41) is 9.78. The first-order valence-electron chi connectivity index (χ1n) is 10.6. The van der Waals surface area contributed by atoms with Crippen molar-refractivity contribution in [1.29, 1.82) is 0 Å². The minimum absolute atomic E-state index is 0.271. The Bertz CT molecular complexity index is 1210. The van der Waals surface area contributed by atoms with E-state index >= 15 is 0 Å². The Labute approximate surface area is 181 Å². The van der Waals surface area contributed by atoms with Gasteiger partial charge in [0.05, 0.1) is 25.2 Å². The number of rotatable bonds is 5. The van der Waals surface area contributed by atoms with Gasteiger partial charge in [0.2, 0.25) is 11.8 Å². The number of benzene rings is 1. The van der Waals surface area contributed by atoms with Crippen LogP contribution in [0.1, 0.15) is 37.7 Å². The zero-order valence-electron chi connectivity index (χ0n) is 18.4. The molecule has 0 unspecified atom stereocenters. The molecule has 31 heavy (non-hydrogen) atoms. The maximum absolute atomic E-state index is 6.16. The fourth-order valence-electron chi connectivity index (χ4n) is 3.86. The van der Waals surface area contributed by atoms with Gasteiger partial charge in [0, 0.05) is 19.6 Å². The SMILES string of the molecule is C/C=C(\OC)c1nc2c3cnn(CCN4Cc5ccccc5C4)c3nc(N)n2n1.CC. The first-order valence-corrected chi connectivity index (χ1v) is 10.6. The molecule has 9 heteroatoms. The molecular weight excluding hydrogens is 392 g/mol. The number of allylic oxidation sites excluding steroid dienone is 1. The third-order valence-corrected chi connectivity index (χ3v) is 5.33. The standard InChI is InChI=1S/C20H22N8O.C2H6/c1-3-16(29-2)17-23-19-15-10-22-27(18(15)24-20(21)28(19)25-17)9-8-26-11-13-6-4-5-7-14(13)12-26;1-2/h3-7,10H,8-9,11-12H2,1-2H3,(H2,21,24);1-2H3/b16-3-;. The topological polar surface area (TPSA) is 99.4 Å². The normalized spacial score (nSPS) is 14.0. The van der Waals surface area contributed by atoms with Gasteiger partial charge in [0.25, 0.3) is 0 Å². The van der Waals surface area contributed by atoms with Crippen molar-refractivity contribution in [3.63, 3.8) is 0 Å². The summed E-state index contributed by atoms with van der Waals surface area (Å²) in [6.45, 7) is 9.40. The molecule has 162 valence electrons. The fraction of sp³-hybridized carbons (Fsp3) is 0.364. The predicted molar refractivity (Wildman–Crippen MR) is 121 cm³/mol. The van der Waals surface area contributed by atoms with E-state index in [-0.39, 0.29) is 5.95 Å². The van der Waals surface area contributed by atoms with Gasteiger partial charge in [0.15, 0.2) is 17.1 Å². The van der Waals surface area contributed by atoms with Gasteiger partial charge >= 0.3 is 0 Å². The van der Waals surface area contributed by atoms with Gasteiger partial charge in [-0.2, -0.15) is 14.6 Å². The lowest BCUT2D eigenvalue weighted by Crippen LogP contribution is -2.22. The average molecular weight is 421 g/mol. The molecule has 0 aliphatic carbocycles. The van der Waals surface area contributed by atoms with Gasteiger partial charge in [-0.15, -0.1) is 5.10 Å². The smallest absolute Gasteiger partial charge is 0.225 e. The Kier molecular flexibility index (Phi) is 5.85. The first-order chi connectivity index (χ1) is 15.2. The molecule has 0 bridgehead atoms. The summed E-state index contributed by atoms with van der Waals surface area (Å²) in [5.74, 6) is 1.33. The van der Waals surface area contributed by atoms with E-state index in [2.05, 4.69) is 49.3 Å². The van der Waals surface area contributed by atoms with Crippen LogP contribution < -0.4 is 5.73 Å². The monoisotopic (exact) mass is 420 g/mol. The Morgan fingerprint density at radius 2 is 1.81 bits per heavy atom. The largest absolute Gasteiger partial charge is 0.493 e. The molecule has 0 saturated heterocycles. The van der Waals surface area contributed by atoms with Crippen molar-refractivity contribution in [2.24, 2.45) is 0 Å². The molecule has 1 aromatic carbocycles. The second-order valence-electron chi connectivity index (χ2n) is 7.08. The summed E-state index contributed by atoms with van der Waals surface area (Å²) in [4.78, 5) is 11.5. The van der Waals surface area contributed by atoms with E-state index in [1.165, 1.54) is 15.6 Å². The third kappa shape index (κ3) is 3.72. The summed E-state index contributed by atoms with van der Waals surface area (Å²) in [6, 6.07) is 8.58. The van der Waals surface area contributed by atoms with Gasteiger partial charge in [0.1, 0.15) is 0 Å². The molecule has 3 aromatic heterocycles. The Morgan fingerprint density at radius 1 is 1.10 bits per heavy atom. The quantitative estimate of drug-likeness (QED) is 0.495. The second kappa shape index (κ2) is 8.73. The highest BCUT2D eigenvalue weighted by Crippen LogP contribution is 2.24. The summed E-state index contributed by atoms with van der Waals surface area (Å²) >= 11 is 0. The highest BCUT2D eigenvalue weighted by molar-refractivity contribution is 5.90. The number of aromatic nitrogens is 6. The van der Waals surface area contributed by atoms with Gasteiger partial charge < -0.3 is 10.5 Å². The molecular formula is C22H28N8O. The molecule has 0 amide bonds. The fourth-order valence-corrected chi connectivity index (χ4v) is 3.86. The molecule has 5 rings (SSSR count). The number of hydrogen-bond donors (Lipinski definition) is 1. The van der Waals surface area contributed by atoms with Crippen LogP contribution in [0.4, 0.5) is 5.95 Å². The molecule has 4 aromatic rings. The molecule has 9 nitrogen and oxygen atoms in total. The number of hydrogen-bond acceptors (Lipinski definition) is 7. The van der Waals surface area contributed by atoms with Crippen LogP contribution in [0.25, 0.3) is 22.4 Å². The van der Waals surface area contributed by atoms with Crippen molar-refractivity contribution < 1.29 is 4.74 Å². The minimum atomic E-state index is 0.271. The maximum Gasteiger partial charge on any atom is 0.225 e. The molecule has 1 aliphatic rings. The summed E-state index contributed by atoms with van der Waals surface area (Å²) < 4.78 is 8.75. The zero-order valence-corrected chi connectivity index (χ0v) is 18.4. The number of anilines is 1. The van der Waals surface area contributed by atoms with Crippen molar-refractivity contribution in [2.45, 2.75) is 40.4 Å². The molecule has 2 N–H and O–H groups in total. The molecule has 0 saturated carbocycles. The maximum atomic E-state index is 6.16. The highest BCUT2D eigenvalue weighted by Gasteiger charge is 2.20. The van der Waals surface area contributed by atoms with Crippen LogP contribution in [0, 0.1) is 0 Å². The molecule has 1 aliphatic heterocycles. The van der Waals surface area contributed by atoms with Gasteiger partial charge in [-0.3, -0.25) is 4.90 Å². The summed E-state index contributed by atoms with van der Waals surface area (Å²) in [5.41, 5.74) is 10.3. The van der Waals surface area contributed by atoms with Crippen LogP contribution in [-0.4, -0.2) is 47.9 Å². The average Bonchev–Trinajstić information content (AvgIpc) is 3.51. The number of nitrogens with zero attached hydrogens (tertiary/aromatic N) is 7. The van der Waals surface area contributed by atoms with Crippen molar-refractivity contribution in [2.75, 3.05) is 19.4 Å². The van der Waals surface area contributed by atoms with Gasteiger partial charge in [-0.25, -0.2) is 9.67 Å². The molecule has 0 fully saturated rings. The van der Waals surface area contributed by atoms with E-state index in [1.807, 2.05) is 31.5 Å². The molecule has 0 spiro atoms. The van der Waals surface area contributed by atoms with Crippen LogP contribution in [0.5, 0.6) is 0 Å². The summed E-state index contributed by atoms with van der Waals surface area (Å²) in [6.07, 6.45) is 3.59. The Balaban J connectivity index is 0.00000112. The van der Waals surface area contributed by atoms with Crippen LogP contribution in [-0.2, 0) is 24.4 Å². The number of nitrogens with two attached hydrogens (primary N) is 1. The minimum Gasteiger partial charge on any atom is -0.493 e. The zero-order chi connectivity index (χ0) is 22.0. The van der Waals surface area contributed by atoms with Crippen LogP contribution in [0.3, 0.4) is 0 Å². The van der Waals surface area contributed by atoms with Crippen LogP contribution in [0.15, 0.2) is 36.5 Å². The number of methoxy groups -OCH3 is 1. The number of nitrogen functional groups attached to an aromatic ring is 1. The van der Waals surface area contributed by atoms with E-state index in [0.717, 1.165) is 31.6 Å². The van der Waals surface area contributed by atoms with E-state index in [9.17, 15) is 0 Å². The lowest BCUT2D eigenvalue weighted by molar-refractivity contribution is 0.268. The van der Waals surface area contributed by atoms with Crippen LogP contribution >= 0.6 is 0 Å². The van der Waals surface area contributed by atoms with Gasteiger partial charge in [-0.05, 0) is 24.1 Å². The van der Waals surface area contributed by atoms with E-state index in [1.54, 1.807) is 13.3 Å². The highest BCUT2D eigenvalue weighted by atomic mass is 16.5. The Morgan fingerprint density at radius 3 is 2.45 bits per heavy atom. The van der Waals surface area contributed by atoms with Crippen molar-refractivity contribution >= 4 is 28.4 Å². The van der Waals surface area contributed by atoms with Crippen molar-refractivity contribution in [3.05, 3.63) is 53.5 Å². The lowest BCUT2D eigenvalue weighted by atomic mass is 10.1. The van der Waals surface area contributed by atoms with E-state index in [4.69, 9.17) is 10.5 Å². The lowest BCUT2D eigenvalue weighted by Gasteiger charge is -2.14.